The highest BCUT2D eigenvalue weighted by molar-refractivity contribution is 6.35. The smallest absolute Gasteiger partial charge is 0.270 e. The van der Waals surface area contributed by atoms with Gasteiger partial charge in [0, 0.05) is 42.2 Å². The average Bonchev–Trinajstić information content (AvgIpc) is 4.11. The van der Waals surface area contributed by atoms with Crippen molar-refractivity contribution in [2.24, 2.45) is 0 Å². The van der Waals surface area contributed by atoms with Gasteiger partial charge in [0.2, 0.25) is 17.7 Å². The number of imidazole rings is 1. The minimum Gasteiger partial charge on any atom is -0.341 e. The molecule has 6 aromatic rings. The van der Waals surface area contributed by atoms with Gasteiger partial charge in [0.05, 0.1) is 21.9 Å². The number of aromatic nitrogens is 7. The SMILES string of the molecule is C[C@@]1(Cc2ccc(-c3cnc(C#N)nc3)cc2)C(=O)N(c2cc(Cl)c(F)c(Cl)c2)c2ncc(C(=O)NC3(C(=O)NC4(c5ncc6cccnc6n5)CC4)CC3)n21. The molecule has 1 atom stereocenters. The van der Waals surface area contributed by atoms with E-state index in [0.717, 1.165) is 16.5 Å². The van der Waals surface area contributed by atoms with Crippen molar-refractivity contribution in [1.29, 1.82) is 5.26 Å². The third-order valence-electron chi connectivity index (χ3n) is 10.6. The topological polar surface area (TPSA) is 185 Å². The first kappa shape index (κ1) is 35.3. The zero-order valence-corrected chi connectivity index (χ0v) is 30.9. The van der Waals surface area contributed by atoms with Gasteiger partial charge in [0.25, 0.3) is 11.8 Å². The Hall–Kier alpha value is -6.37. The zero-order chi connectivity index (χ0) is 39.0. The maximum atomic E-state index is 14.6. The third-order valence-corrected chi connectivity index (χ3v) is 11.1. The average molecular weight is 789 g/mol. The molecule has 3 aliphatic rings. The fourth-order valence-corrected chi connectivity index (χ4v) is 7.63. The van der Waals surface area contributed by atoms with Gasteiger partial charge in [-0.05, 0) is 68.0 Å². The van der Waals surface area contributed by atoms with E-state index in [2.05, 4.69) is 40.5 Å². The number of carbonyl (C=O) groups is 3. The molecule has 2 aliphatic carbocycles. The van der Waals surface area contributed by atoms with E-state index in [1.54, 1.807) is 37.8 Å². The number of hydrogen-bond donors (Lipinski definition) is 2. The lowest BCUT2D eigenvalue weighted by molar-refractivity contribution is -0.125. The summed E-state index contributed by atoms with van der Waals surface area (Å²) in [6.45, 7) is 1.68. The summed E-state index contributed by atoms with van der Waals surface area (Å²) in [6.07, 6.45) is 9.93. The van der Waals surface area contributed by atoms with E-state index >= 15 is 0 Å². The normalized spacial score (nSPS) is 18.6. The molecule has 3 amide bonds. The number of amides is 3. The lowest BCUT2D eigenvalue weighted by atomic mass is 9.90. The van der Waals surface area contributed by atoms with Gasteiger partial charge in [-0.3, -0.25) is 19.0 Å². The molecule has 56 heavy (non-hydrogen) atoms. The number of anilines is 2. The number of benzene rings is 2. The number of fused-ring (bicyclic) bond motifs is 2. The Morgan fingerprint density at radius 1 is 0.911 bits per heavy atom. The molecule has 1 aliphatic heterocycles. The van der Waals surface area contributed by atoms with Crippen LogP contribution in [0.5, 0.6) is 0 Å². The summed E-state index contributed by atoms with van der Waals surface area (Å²) >= 11 is 12.3. The van der Waals surface area contributed by atoms with Gasteiger partial charge < -0.3 is 10.6 Å². The maximum absolute atomic E-state index is 14.6. The van der Waals surface area contributed by atoms with Crippen molar-refractivity contribution in [1.82, 2.24) is 45.1 Å². The second-order valence-corrected chi connectivity index (χ2v) is 15.2. The summed E-state index contributed by atoms with van der Waals surface area (Å²) in [5.74, 6) is -1.69. The first-order chi connectivity index (χ1) is 26.9. The summed E-state index contributed by atoms with van der Waals surface area (Å²) in [5, 5.41) is 15.3. The largest absolute Gasteiger partial charge is 0.341 e. The third kappa shape index (κ3) is 5.80. The number of carbonyl (C=O) groups excluding carboxylic acids is 3. The summed E-state index contributed by atoms with van der Waals surface area (Å²) < 4.78 is 16.1. The standard InChI is InChI=1S/C39H28Cl2FN11O3/c1-37(15-21-4-6-22(7-5-21)24-18-45-29(16-43)46-19-24)35(56)52(25-13-26(40)30(42)27(41)14-25)36-48-20-28(53(36)37)32(54)50-39(10-11-39)34(55)51-38(8-9-38)33-47-17-23-3-2-12-44-31(23)49-33/h2-7,12-14,17-20H,8-11,15H2,1H3,(H,50,54)(H,51,55)/t37-/m1/s1. The molecule has 0 radical (unpaired) electrons. The van der Waals surface area contributed by atoms with E-state index < -0.39 is 34.2 Å². The van der Waals surface area contributed by atoms with Crippen molar-refractivity contribution in [2.75, 3.05) is 4.90 Å². The summed E-state index contributed by atoms with van der Waals surface area (Å²) in [5.41, 5.74) is -0.483. The number of rotatable bonds is 9. The van der Waals surface area contributed by atoms with Gasteiger partial charge in [0.15, 0.2) is 17.3 Å². The Labute approximate surface area is 327 Å². The van der Waals surface area contributed by atoms with Crippen LogP contribution in [0.15, 0.2) is 79.5 Å². The Morgan fingerprint density at radius 2 is 1.62 bits per heavy atom. The van der Waals surface area contributed by atoms with Gasteiger partial charge in [-0.1, -0.05) is 47.5 Å². The molecule has 2 saturated carbocycles. The van der Waals surface area contributed by atoms with Crippen molar-refractivity contribution in [3.63, 3.8) is 0 Å². The Balaban J connectivity index is 1.02. The molecule has 4 aromatic heterocycles. The quantitative estimate of drug-likeness (QED) is 0.172. The number of nitrogens with zero attached hydrogens (tertiary/aromatic N) is 9. The van der Waals surface area contributed by atoms with Gasteiger partial charge >= 0.3 is 0 Å². The second-order valence-electron chi connectivity index (χ2n) is 14.4. The van der Waals surface area contributed by atoms with Gasteiger partial charge in [-0.2, -0.15) is 5.26 Å². The molecule has 0 saturated heterocycles. The van der Waals surface area contributed by atoms with Crippen LogP contribution in [-0.4, -0.2) is 57.7 Å². The molecule has 9 rings (SSSR count). The van der Waals surface area contributed by atoms with Crippen molar-refractivity contribution in [3.8, 4) is 17.2 Å². The van der Waals surface area contributed by atoms with E-state index in [0.29, 0.717) is 42.7 Å². The predicted octanol–water partition coefficient (Wildman–Crippen LogP) is 5.70. The lowest BCUT2D eigenvalue weighted by Gasteiger charge is -2.27. The molecule has 0 bridgehead atoms. The highest BCUT2D eigenvalue weighted by atomic mass is 35.5. The number of nitrogens with one attached hydrogen (secondary N) is 2. The molecule has 2 fully saturated rings. The van der Waals surface area contributed by atoms with Crippen molar-refractivity contribution < 1.29 is 18.8 Å². The monoisotopic (exact) mass is 787 g/mol. The first-order valence-corrected chi connectivity index (χ1v) is 18.3. The number of hydrogen-bond acceptors (Lipinski definition) is 10. The molecular weight excluding hydrogens is 760 g/mol. The second kappa shape index (κ2) is 12.9. The minimum absolute atomic E-state index is 0.0353. The molecule has 0 unspecified atom stereocenters. The van der Waals surface area contributed by atoms with Crippen LogP contribution in [0.25, 0.3) is 22.2 Å². The number of pyridine rings is 1. The molecule has 5 heterocycles. The van der Waals surface area contributed by atoms with E-state index in [4.69, 9.17) is 28.5 Å². The summed E-state index contributed by atoms with van der Waals surface area (Å²) in [6, 6.07) is 15.4. The maximum Gasteiger partial charge on any atom is 0.270 e. The van der Waals surface area contributed by atoms with Crippen molar-refractivity contribution in [3.05, 3.63) is 118 Å². The van der Waals surface area contributed by atoms with Crippen LogP contribution >= 0.6 is 23.2 Å². The molecule has 2 N–H and O–H groups in total. The summed E-state index contributed by atoms with van der Waals surface area (Å²) in [7, 11) is 0. The van der Waals surface area contributed by atoms with Crippen LogP contribution in [0, 0.1) is 17.1 Å². The molecule has 17 heteroatoms. The van der Waals surface area contributed by atoms with Crippen molar-refractivity contribution in [2.45, 2.75) is 55.6 Å². The van der Waals surface area contributed by atoms with Crippen LogP contribution < -0.4 is 15.5 Å². The van der Waals surface area contributed by atoms with Crippen LogP contribution in [0.2, 0.25) is 10.0 Å². The molecule has 278 valence electrons. The fourth-order valence-electron chi connectivity index (χ4n) is 7.16. The Bertz CT molecular complexity index is 2650. The number of nitriles is 1. The van der Waals surface area contributed by atoms with E-state index in [1.807, 2.05) is 36.4 Å². The van der Waals surface area contributed by atoms with E-state index in [1.165, 1.54) is 27.8 Å². The molecule has 14 nitrogen and oxygen atoms in total. The number of halogens is 3. The first-order valence-electron chi connectivity index (χ1n) is 17.6. The predicted molar refractivity (Wildman–Crippen MR) is 201 cm³/mol. The van der Waals surface area contributed by atoms with Crippen molar-refractivity contribution >= 4 is 63.6 Å². The zero-order valence-electron chi connectivity index (χ0n) is 29.4. The summed E-state index contributed by atoms with van der Waals surface area (Å²) in [4.78, 5) is 70.1. The van der Waals surface area contributed by atoms with Crippen LogP contribution in [-0.2, 0) is 27.1 Å². The fraction of sp³-hybridized carbons (Fsp3) is 0.231. The lowest BCUT2D eigenvalue weighted by Crippen LogP contribution is -2.52. The Morgan fingerprint density at radius 3 is 2.29 bits per heavy atom. The van der Waals surface area contributed by atoms with E-state index in [-0.39, 0.29) is 45.5 Å². The molecular formula is C39H28Cl2FN11O3. The van der Waals surface area contributed by atoms with Gasteiger partial charge in [-0.25, -0.2) is 39.2 Å². The van der Waals surface area contributed by atoms with Gasteiger partial charge in [-0.15, -0.1) is 0 Å². The molecule has 2 aromatic carbocycles. The van der Waals surface area contributed by atoms with Gasteiger partial charge in [0.1, 0.15) is 28.4 Å². The van der Waals surface area contributed by atoms with Crippen LogP contribution in [0.4, 0.5) is 16.0 Å². The van der Waals surface area contributed by atoms with Crippen LogP contribution in [0.1, 0.15) is 60.3 Å². The highest BCUT2D eigenvalue weighted by Crippen LogP contribution is 2.47. The Kier molecular flexibility index (Phi) is 8.11. The van der Waals surface area contributed by atoms with E-state index in [9.17, 15) is 18.8 Å². The molecule has 0 spiro atoms. The van der Waals surface area contributed by atoms with Crippen LogP contribution in [0.3, 0.4) is 0 Å². The highest BCUT2D eigenvalue weighted by Gasteiger charge is 2.58. The minimum atomic E-state index is -1.44.